The van der Waals surface area contributed by atoms with Gasteiger partial charge in [0.2, 0.25) is 5.91 Å². The summed E-state index contributed by atoms with van der Waals surface area (Å²) in [6, 6.07) is 6.03. The van der Waals surface area contributed by atoms with Gasteiger partial charge in [-0.05, 0) is 72.8 Å². The van der Waals surface area contributed by atoms with Gasteiger partial charge in [0.25, 0.3) is 5.91 Å². The summed E-state index contributed by atoms with van der Waals surface area (Å²) >= 11 is 1.70. The summed E-state index contributed by atoms with van der Waals surface area (Å²) in [6.07, 6.45) is 9.35. The molecule has 1 spiro atoms. The van der Waals surface area contributed by atoms with Crippen LogP contribution in [0.25, 0.3) is 6.08 Å². The summed E-state index contributed by atoms with van der Waals surface area (Å²) in [5, 5.41) is 8.12. The molecule has 0 atom stereocenters. The minimum absolute atomic E-state index is 0.0560. The topological polar surface area (TPSA) is 73.8 Å². The van der Waals surface area contributed by atoms with E-state index in [1.54, 1.807) is 11.9 Å². The van der Waals surface area contributed by atoms with E-state index in [-0.39, 0.29) is 11.8 Å². The minimum atomic E-state index is -0.548. The third kappa shape index (κ3) is 5.69. The highest BCUT2D eigenvalue weighted by Crippen LogP contribution is 2.36. The summed E-state index contributed by atoms with van der Waals surface area (Å²) in [4.78, 5) is 29.1. The molecule has 4 rings (SSSR count). The molecule has 2 fully saturated rings. The maximum absolute atomic E-state index is 12.8. The van der Waals surface area contributed by atoms with Gasteiger partial charge >= 0.3 is 0 Å². The number of nitrogens with one attached hydrogen (secondary N) is 2. The third-order valence-electron chi connectivity index (χ3n) is 7.25. The fourth-order valence-corrected chi connectivity index (χ4v) is 5.89. The Bertz CT molecular complexity index is 942. The molecular formula is C26H36N4O2S. The highest BCUT2D eigenvalue weighted by Gasteiger charge is 2.47. The van der Waals surface area contributed by atoms with Crippen LogP contribution in [0.5, 0.6) is 0 Å². The Morgan fingerprint density at radius 1 is 1.27 bits per heavy atom. The van der Waals surface area contributed by atoms with Crippen molar-refractivity contribution in [2.75, 3.05) is 18.4 Å². The van der Waals surface area contributed by atoms with Crippen LogP contribution in [-0.4, -0.2) is 40.6 Å². The largest absolute Gasteiger partial charge is 0.326 e. The van der Waals surface area contributed by atoms with Gasteiger partial charge < -0.3 is 10.6 Å². The van der Waals surface area contributed by atoms with Crippen molar-refractivity contribution in [3.05, 3.63) is 34.7 Å². The van der Waals surface area contributed by atoms with Gasteiger partial charge in [0.1, 0.15) is 11.4 Å². The van der Waals surface area contributed by atoms with E-state index >= 15 is 0 Å². The van der Waals surface area contributed by atoms with E-state index in [9.17, 15) is 9.59 Å². The van der Waals surface area contributed by atoms with Crippen molar-refractivity contribution in [2.24, 2.45) is 16.8 Å². The molecule has 1 aromatic carbocycles. The second-order valence-electron chi connectivity index (χ2n) is 9.73. The third-order valence-corrected chi connectivity index (χ3v) is 8.17. The molecule has 1 saturated carbocycles. The first kappa shape index (κ1) is 24.0. The van der Waals surface area contributed by atoms with Crippen molar-refractivity contribution in [3.63, 3.8) is 0 Å². The normalized spacial score (nSPS) is 25.3. The van der Waals surface area contributed by atoms with Crippen molar-refractivity contribution in [1.29, 1.82) is 0 Å². The van der Waals surface area contributed by atoms with E-state index < -0.39 is 5.54 Å². The van der Waals surface area contributed by atoms with Crippen LogP contribution < -0.4 is 10.6 Å². The monoisotopic (exact) mass is 468 g/mol. The van der Waals surface area contributed by atoms with Gasteiger partial charge in [-0.25, -0.2) is 4.31 Å². The number of rotatable bonds is 6. The zero-order valence-corrected chi connectivity index (χ0v) is 20.8. The van der Waals surface area contributed by atoms with E-state index in [2.05, 4.69) is 46.3 Å². The number of benzene rings is 1. The fraction of sp³-hybridized carbons (Fsp3) is 0.577. The van der Waals surface area contributed by atoms with Gasteiger partial charge in [-0.1, -0.05) is 44.7 Å². The average Bonchev–Trinajstić information content (AvgIpc) is 3.11. The van der Waals surface area contributed by atoms with E-state index in [4.69, 9.17) is 4.99 Å². The van der Waals surface area contributed by atoms with Gasteiger partial charge in [0, 0.05) is 31.6 Å². The molecule has 33 heavy (non-hydrogen) atoms. The first-order chi connectivity index (χ1) is 15.9. The zero-order valence-electron chi connectivity index (χ0n) is 20.0. The Labute approximate surface area is 201 Å². The molecular weight excluding hydrogens is 432 g/mol. The molecule has 0 aromatic heterocycles. The van der Waals surface area contributed by atoms with Gasteiger partial charge in [0.05, 0.1) is 0 Å². The quantitative estimate of drug-likeness (QED) is 0.575. The maximum atomic E-state index is 12.8. The number of amidine groups is 1. The number of aliphatic imine (C=N–C) groups is 1. The number of carbonyl (C=O) groups excluding carboxylic acids is 2. The molecule has 7 heteroatoms. The second kappa shape index (κ2) is 10.4. The van der Waals surface area contributed by atoms with Crippen molar-refractivity contribution >= 4 is 41.4 Å². The van der Waals surface area contributed by atoms with Crippen LogP contribution in [0.1, 0.15) is 70.4 Å². The highest BCUT2D eigenvalue weighted by molar-refractivity contribution is 8.00. The Morgan fingerprint density at radius 2 is 2.00 bits per heavy atom. The lowest BCUT2D eigenvalue weighted by Crippen LogP contribution is -2.47. The molecule has 2 aliphatic heterocycles. The van der Waals surface area contributed by atoms with Gasteiger partial charge in [-0.2, -0.15) is 0 Å². The number of hydrogen-bond acceptors (Lipinski definition) is 5. The number of hydrogen-bond donors (Lipinski definition) is 2. The van der Waals surface area contributed by atoms with E-state index in [0.717, 1.165) is 62.6 Å². The van der Waals surface area contributed by atoms with E-state index in [0.29, 0.717) is 5.92 Å². The molecule has 2 amide bonds. The molecule has 1 saturated heterocycles. The predicted octanol–water partition coefficient (Wildman–Crippen LogP) is 5.02. The molecule has 1 aromatic rings. The smallest absolute Gasteiger partial charge is 0.253 e. The first-order valence-corrected chi connectivity index (χ1v) is 13.1. The molecule has 3 aliphatic rings. The van der Waals surface area contributed by atoms with Crippen LogP contribution in [0.4, 0.5) is 5.69 Å². The van der Waals surface area contributed by atoms with Crippen molar-refractivity contribution < 1.29 is 9.59 Å². The lowest BCUT2D eigenvalue weighted by atomic mass is 9.82. The molecule has 1 aliphatic carbocycles. The molecule has 0 radical (unpaired) electrons. The van der Waals surface area contributed by atoms with Crippen LogP contribution in [-0.2, 0) is 16.0 Å². The van der Waals surface area contributed by atoms with Crippen LogP contribution in [0.3, 0.4) is 0 Å². The lowest BCUT2D eigenvalue weighted by molar-refractivity contribution is -0.125. The Balaban J connectivity index is 1.32. The van der Waals surface area contributed by atoms with Crippen LogP contribution in [0, 0.1) is 11.8 Å². The summed E-state index contributed by atoms with van der Waals surface area (Å²) in [5.74, 6) is 2.25. The first-order valence-electron chi connectivity index (χ1n) is 12.3. The number of anilines is 1. The van der Waals surface area contributed by atoms with E-state index in [1.807, 2.05) is 12.1 Å². The lowest BCUT2D eigenvalue weighted by Gasteiger charge is -2.34. The van der Waals surface area contributed by atoms with Crippen molar-refractivity contribution in [1.82, 2.24) is 9.62 Å². The molecule has 2 heterocycles. The molecule has 0 bridgehead atoms. The molecule has 2 N–H and O–H groups in total. The van der Waals surface area contributed by atoms with Crippen LogP contribution >= 0.6 is 11.9 Å². The summed E-state index contributed by atoms with van der Waals surface area (Å²) in [5.41, 5.74) is 2.66. The number of amides is 2. The Kier molecular flexibility index (Phi) is 7.59. The van der Waals surface area contributed by atoms with Crippen molar-refractivity contribution in [2.45, 2.75) is 71.3 Å². The Morgan fingerprint density at radius 3 is 2.67 bits per heavy atom. The molecule has 178 valence electrons. The number of aryl methyl sites for hydroxylation is 1. The predicted molar refractivity (Wildman–Crippen MR) is 137 cm³/mol. The maximum Gasteiger partial charge on any atom is 0.253 e. The summed E-state index contributed by atoms with van der Waals surface area (Å²) < 4.78 is 2.32. The average molecular weight is 469 g/mol. The SMILES string of the molecule is CCc1cc(NC(C)=O)ccc1/C=C/SN1CCC2(CC1)N=C(C1CCC(C)CC1)NC2=O. The number of nitrogens with zero attached hydrogens (tertiary/aromatic N) is 2. The molecule has 0 unspecified atom stereocenters. The zero-order chi connectivity index (χ0) is 23.4. The van der Waals surface area contributed by atoms with E-state index in [1.165, 1.54) is 30.9 Å². The number of piperidine rings is 1. The van der Waals surface area contributed by atoms with Crippen molar-refractivity contribution in [3.8, 4) is 0 Å². The van der Waals surface area contributed by atoms with Gasteiger partial charge in [-0.15, -0.1) is 0 Å². The Hall–Kier alpha value is -2.12. The summed E-state index contributed by atoms with van der Waals surface area (Å²) in [7, 11) is 0. The molecule has 6 nitrogen and oxygen atoms in total. The fourth-order valence-electron chi connectivity index (χ4n) is 5.11. The van der Waals surface area contributed by atoms with Gasteiger partial charge in [-0.3, -0.25) is 14.6 Å². The summed E-state index contributed by atoms with van der Waals surface area (Å²) in [6.45, 7) is 7.66. The highest BCUT2D eigenvalue weighted by atomic mass is 32.2. The van der Waals surface area contributed by atoms with Crippen LogP contribution in [0.2, 0.25) is 0 Å². The standard InChI is InChI=1S/C26H36N4O2S/c1-4-20-17-23(27-19(3)31)10-9-21(20)11-16-33-30-14-12-26(13-15-30)25(32)28-24(29-26)22-7-5-18(2)6-8-22/h9-11,16-18,22H,4-8,12-15H2,1-3H3,(H,27,31)(H,28,29,32)/b16-11+. The second-order valence-corrected chi connectivity index (χ2v) is 10.7. The van der Waals surface area contributed by atoms with Crippen LogP contribution in [0.15, 0.2) is 28.6 Å². The number of carbonyl (C=O) groups is 2. The minimum Gasteiger partial charge on any atom is -0.326 e. The van der Waals surface area contributed by atoms with Gasteiger partial charge in [0.15, 0.2) is 0 Å².